The number of carbonyl (C=O) groups excluding carboxylic acids is 4. The van der Waals surface area contributed by atoms with E-state index in [9.17, 15) is 19.2 Å². The van der Waals surface area contributed by atoms with Crippen LogP contribution in [0.1, 0.15) is 55.8 Å². The number of carbonyl (C=O) groups is 4. The zero-order chi connectivity index (χ0) is 30.6. The third kappa shape index (κ3) is 9.55. The fourth-order valence-corrected chi connectivity index (χ4v) is 4.03. The molecule has 0 atom stereocenters. The van der Waals surface area contributed by atoms with Gasteiger partial charge >= 0.3 is 0 Å². The summed E-state index contributed by atoms with van der Waals surface area (Å²) in [5.41, 5.74) is 6.64. The predicted molar refractivity (Wildman–Crippen MR) is 166 cm³/mol. The van der Waals surface area contributed by atoms with E-state index in [2.05, 4.69) is 10.6 Å². The van der Waals surface area contributed by atoms with Crippen LogP contribution in [-0.4, -0.2) is 30.5 Å². The zero-order valence-electron chi connectivity index (χ0n) is 24.6. The van der Waals surface area contributed by atoms with Crippen molar-refractivity contribution in [2.75, 3.05) is 17.7 Å². The summed E-state index contributed by atoms with van der Waals surface area (Å²) in [7, 11) is 1.56. The summed E-state index contributed by atoms with van der Waals surface area (Å²) in [6, 6.07) is 27.2. The molecule has 0 bridgehead atoms. The number of hydrogen-bond donors (Lipinski definition) is 2. The van der Waals surface area contributed by atoms with E-state index in [4.69, 9.17) is 4.74 Å². The van der Waals surface area contributed by atoms with Crippen LogP contribution in [-0.2, 0) is 9.59 Å². The van der Waals surface area contributed by atoms with E-state index in [0.717, 1.165) is 33.6 Å². The highest BCUT2D eigenvalue weighted by Crippen LogP contribution is 2.18. The molecule has 0 aliphatic heterocycles. The standard InChI is InChI=1S/C18H19NO3.C17H17NO2/c1-12-4-5-13(2)16(10-12)19-18(21)11-17(20)14-6-8-15(22-3)9-7-14;1-12-8-9-13(2)15(10-12)18-17(20)11-16(19)14-6-4-3-5-7-14/h4-10H,11H2,1-3H3,(H,19,21);3-10H,11H2,1-2H3,(H,18,20). The average molecular weight is 565 g/mol. The number of amides is 2. The molecule has 2 amide bonds. The number of hydrogen-bond acceptors (Lipinski definition) is 5. The minimum absolute atomic E-state index is 0.141. The number of benzene rings is 4. The summed E-state index contributed by atoms with van der Waals surface area (Å²) in [4.78, 5) is 48.0. The van der Waals surface area contributed by atoms with Crippen molar-refractivity contribution in [3.63, 3.8) is 0 Å². The molecule has 0 saturated heterocycles. The summed E-state index contributed by atoms with van der Waals surface area (Å²) in [5, 5.41) is 5.58. The highest BCUT2D eigenvalue weighted by Gasteiger charge is 2.14. The SMILES string of the molecule is COc1ccc(C(=O)CC(=O)Nc2cc(C)ccc2C)cc1.Cc1ccc(C)c(NC(=O)CC(=O)c2ccccc2)c1. The minimum atomic E-state index is -0.311. The van der Waals surface area contributed by atoms with Crippen molar-refractivity contribution >= 4 is 34.8 Å². The summed E-state index contributed by atoms with van der Waals surface area (Å²) < 4.78 is 5.04. The normalized spacial score (nSPS) is 10.1. The first-order valence-corrected chi connectivity index (χ1v) is 13.6. The number of rotatable bonds is 9. The number of nitrogens with one attached hydrogen (secondary N) is 2. The molecule has 0 radical (unpaired) electrons. The van der Waals surface area contributed by atoms with Gasteiger partial charge in [0.15, 0.2) is 11.6 Å². The van der Waals surface area contributed by atoms with E-state index >= 15 is 0 Å². The second-order valence-corrected chi connectivity index (χ2v) is 10.0. The van der Waals surface area contributed by atoms with Crippen LogP contribution in [0.4, 0.5) is 11.4 Å². The van der Waals surface area contributed by atoms with Crippen molar-refractivity contribution in [2.24, 2.45) is 0 Å². The topological polar surface area (TPSA) is 102 Å². The first-order chi connectivity index (χ1) is 20.0. The Hall–Kier alpha value is -5.04. The zero-order valence-corrected chi connectivity index (χ0v) is 24.6. The molecule has 4 rings (SSSR count). The average Bonchev–Trinajstić information content (AvgIpc) is 2.97. The third-order valence-electron chi connectivity index (χ3n) is 6.48. The Morgan fingerprint density at radius 2 is 1.00 bits per heavy atom. The maximum Gasteiger partial charge on any atom is 0.232 e. The van der Waals surface area contributed by atoms with E-state index in [0.29, 0.717) is 16.9 Å². The summed E-state index contributed by atoms with van der Waals surface area (Å²) in [5.74, 6) is -0.308. The van der Waals surface area contributed by atoms with Gasteiger partial charge in [0, 0.05) is 22.5 Å². The number of ether oxygens (including phenoxy) is 1. The Balaban J connectivity index is 0.000000231. The molecule has 7 heteroatoms. The Labute approximate surface area is 246 Å². The van der Waals surface area contributed by atoms with Crippen LogP contribution >= 0.6 is 0 Å². The lowest BCUT2D eigenvalue weighted by Gasteiger charge is -2.09. The molecular formula is C35H36N2O5. The fourth-order valence-electron chi connectivity index (χ4n) is 4.03. The maximum atomic E-state index is 12.1. The van der Waals surface area contributed by atoms with Gasteiger partial charge in [0.25, 0.3) is 0 Å². The molecular weight excluding hydrogens is 528 g/mol. The van der Waals surface area contributed by atoms with Gasteiger partial charge in [-0.1, -0.05) is 54.6 Å². The first-order valence-electron chi connectivity index (χ1n) is 13.6. The van der Waals surface area contributed by atoms with Crippen molar-refractivity contribution in [2.45, 2.75) is 40.5 Å². The molecule has 4 aromatic rings. The van der Waals surface area contributed by atoms with Gasteiger partial charge in [-0.3, -0.25) is 19.2 Å². The first kappa shape index (κ1) is 31.5. The van der Waals surface area contributed by atoms with Gasteiger partial charge in [-0.05, 0) is 86.3 Å². The second kappa shape index (κ2) is 15.1. The molecule has 0 aliphatic rings. The highest BCUT2D eigenvalue weighted by molar-refractivity contribution is 6.12. The lowest BCUT2D eigenvalue weighted by Crippen LogP contribution is -2.17. The van der Waals surface area contributed by atoms with Crippen LogP contribution in [0.2, 0.25) is 0 Å². The summed E-state index contributed by atoms with van der Waals surface area (Å²) >= 11 is 0. The number of ketones is 2. The minimum Gasteiger partial charge on any atom is -0.497 e. The van der Waals surface area contributed by atoms with Crippen molar-refractivity contribution in [3.8, 4) is 5.75 Å². The second-order valence-electron chi connectivity index (χ2n) is 10.0. The molecule has 0 spiro atoms. The molecule has 0 unspecified atom stereocenters. The van der Waals surface area contributed by atoms with E-state index in [-0.39, 0.29) is 36.2 Å². The molecule has 2 N–H and O–H groups in total. The quantitative estimate of drug-likeness (QED) is 0.168. The molecule has 0 saturated carbocycles. The third-order valence-corrected chi connectivity index (χ3v) is 6.48. The van der Waals surface area contributed by atoms with Gasteiger partial charge in [-0.25, -0.2) is 0 Å². The maximum absolute atomic E-state index is 12.1. The Morgan fingerprint density at radius 1 is 0.571 bits per heavy atom. The lowest BCUT2D eigenvalue weighted by atomic mass is 10.1. The number of Topliss-reactive ketones (excluding diaryl/α,β-unsaturated/α-hetero) is 2. The van der Waals surface area contributed by atoms with Crippen molar-refractivity contribution in [3.05, 3.63) is 124 Å². The molecule has 0 fully saturated rings. The van der Waals surface area contributed by atoms with Gasteiger partial charge < -0.3 is 15.4 Å². The molecule has 0 heterocycles. The molecule has 7 nitrogen and oxygen atoms in total. The van der Waals surface area contributed by atoms with E-state index in [1.165, 1.54) is 0 Å². The van der Waals surface area contributed by atoms with Crippen LogP contribution in [0.15, 0.2) is 91.0 Å². The Kier molecular flexibility index (Phi) is 11.3. The van der Waals surface area contributed by atoms with Crippen molar-refractivity contribution in [1.82, 2.24) is 0 Å². The monoisotopic (exact) mass is 564 g/mol. The van der Waals surface area contributed by atoms with E-state index in [1.807, 2.05) is 70.2 Å². The number of anilines is 2. The lowest BCUT2D eigenvalue weighted by molar-refractivity contribution is -0.116. The number of aryl methyl sites for hydroxylation is 4. The van der Waals surface area contributed by atoms with Gasteiger partial charge in [0.05, 0.1) is 20.0 Å². The predicted octanol–water partition coefficient (Wildman–Crippen LogP) is 7.04. The van der Waals surface area contributed by atoms with E-state index < -0.39 is 0 Å². The van der Waals surface area contributed by atoms with Crippen molar-refractivity contribution < 1.29 is 23.9 Å². The molecule has 216 valence electrons. The van der Waals surface area contributed by atoms with E-state index in [1.54, 1.807) is 55.6 Å². The fraction of sp³-hybridized carbons (Fsp3) is 0.200. The Bertz CT molecular complexity index is 1560. The van der Waals surface area contributed by atoms with Gasteiger partial charge in [-0.15, -0.1) is 0 Å². The largest absolute Gasteiger partial charge is 0.497 e. The number of methoxy groups -OCH3 is 1. The van der Waals surface area contributed by atoms with Crippen LogP contribution in [0.25, 0.3) is 0 Å². The summed E-state index contributed by atoms with van der Waals surface area (Å²) in [6.07, 6.45) is -0.322. The van der Waals surface area contributed by atoms with Gasteiger partial charge in [-0.2, -0.15) is 0 Å². The highest BCUT2D eigenvalue weighted by atomic mass is 16.5. The van der Waals surface area contributed by atoms with Crippen LogP contribution in [0.5, 0.6) is 5.75 Å². The molecule has 0 aromatic heterocycles. The molecule has 4 aromatic carbocycles. The molecule has 42 heavy (non-hydrogen) atoms. The van der Waals surface area contributed by atoms with Gasteiger partial charge in [0.2, 0.25) is 11.8 Å². The Morgan fingerprint density at radius 3 is 1.43 bits per heavy atom. The smallest absolute Gasteiger partial charge is 0.232 e. The van der Waals surface area contributed by atoms with Gasteiger partial charge in [0.1, 0.15) is 5.75 Å². The summed E-state index contributed by atoms with van der Waals surface area (Å²) in [6.45, 7) is 7.76. The van der Waals surface area contributed by atoms with Crippen LogP contribution < -0.4 is 15.4 Å². The van der Waals surface area contributed by atoms with Crippen LogP contribution in [0, 0.1) is 27.7 Å². The molecule has 0 aliphatic carbocycles. The van der Waals surface area contributed by atoms with Crippen LogP contribution in [0.3, 0.4) is 0 Å². The van der Waals surface area contributed by atoms with Crippen molar-refractivity contribution in [1.29, 1.82) is 0 Å².